The molecule has 0 radical (unpaired) electrons. The van der Waals surface area contributed by atoms with Gasteiger partial charge in [-0.1, -0.05) is 24.3 Å². The summed E-state index contributed by atoms with van der Waals surface area (Å²) in [5.41, 5.74) is 6.34. The van der Waals surface area contributed by atoms with Crippen LogP contribution in [-0.4, -0.2) is 24.4 Å². The molecule has 0 bridgehead atoms. The highest BCUT2D eigenvalue weighted by atomic mass is 19.4. The van der Waals surface area contributed by atoms with Gasteiger partial charge >= 0.3 is 12.1 Å². The van der Waals surface area contributed by atoms with Gasteiger partial charge in [0.25, 0.3) is 11.8 Å². The number of hydrogen-bond acceptors (Lipinski definition) is 5. The van der Waals surface area contributed by atoms with E-state index < -0.39 is 36.1 Å². The molecular weight excluding hydrogens is 451 g/mol. The number of amides is 2. The number of carbonyl (C=O) groups excluding carboxylic acids is 3. The number of nitrogens with two attached hydrogens (primary N) is 1. The van der Waals surface area contributed by atoms with Gasteiger partial charge in [-0.3, -0.25) is 9.59 Å². The Morgan fingerprint density at radius 2 is 1.56 bits per heavy atom. The summed E-state index contributed by atoms with van der Waals surface area (Å²) in [5.74, 6) is -2.09. The molecule has 0 unspecified atom stereocenters. The molecular formula is C24H20F3N3O4. The number of alkyl halides is 3. The van der Waals surface area contributed by atoms with Crippen LogP contribution >= 0.6 is 0 Å². The van der Waals surface area contributed by atoms with Gasteiger partial charge in [-0.05, 0) is 55.0 Å². The van der Waals surface area contributed by atoms with Crippen molar-refractivity contribution in [3.63, 3.8) is 0 Å². The molecule has 34 heavy (non-hydrogen) atoms. The predicted octanol–water partition coefficient (Wildman–Crippen LogP) is 4.64. The van der Waals surface area contributed by atoms with Crippen LogP contribution in [0.2, 0.25) is 0 Å². The average Bonchev–Trinajstić information content (AvgIpc) is 2.79. The second-order valence-electron chi connectivity index (χ2n) is 7.27. The van der Waals surface area contributed by atoms with Gasteiger partial charge in [-0.2, -0.15) is 13.2 Å². The summed E-state index contributed by atoms with van der Waals surface area (Å²) in [4.78, 5) is 36.8. The number of carbonyl (C=O) groups is 3. The standard InChI is InChI=1S/C24H20F3N3O4/c1-14-5-2-10-19(21(14)28)23(33)34-13-20(31)29-17-8-3-6-15(11-17)22(32)30-18-9-4-7-16(12-18)24(25,26)27/h2-12H,13,28H2,1H3,(H,29,31)(H,30,32). The van der Waals surface area contributed by atoms with Crippen molar-refractivity contribution >= 4 is 34.8 Å². The molecule has 0 fully saturated rings. The Morgan fingerprint density at radius 3 is 2.26 bits per heavy atom. The minimum absolute atomic E-state index is 0.0309. The topological polar surface area (TPSA) is 111 Å². The van der Waals surface area contributed by atoms with Crippen molar-refractivity contribution in [2.45, 2.75) is 13.1 Å². The van der Waals surface area contributed by atoms with Crippen LogP contribution in [0.4, 0.5) is 30.2 Å². The lowest BCUT2D eigenvalue weighted by Gasteiger charge is -2.11. The molecule has 176 valence electrons. The minimum atomic E-state index is -4.54. The summed E-state index contributed by atoms with van der Waals surface area (Å²) in [7, 11) is 0. The summed E-state index contributed by atoms with van der Waals surface area (Å²) >= 11 is 0. The number of nitrogens with one attached hydrogen (secondary N) is 2. The van der Waals surface area contributed by atoms with Crippen molar-refractivity contribution in [3.05, 3.63) is 89.0 Å². The third kappa shape index (κ3) is 6.12. The Labute approximate surface area is 192 Å². The van der Waals surface area contributed by atoms with Crippen molar-refractivity contribution in [2.24, 2.45) is 0 Å². The average molecular weight is 471 g/mol. The minimum Gasteiger partial charge on any atom is -0.452 e. The second-order valence-corrected chi connectivity index (χ2v) is 7.27. The molecule has 0 aliphatic carbocycles. The largest absolute Gasteiger partial charge is 0.452 e. The molecule has 10 heteroatoms. The van der Waals surface area contributed by atoms with Crippen LogP contribution in [0.3, 0.4) is 0 Å². The highest BCUT2D eigenvalue weighted by molar-refractivity contribution is 6.05. The molecule has 0 aliphatic heterocycles. The Hall–Kier alpha value is -4.34. The fourth-order valence-corrected chi connectivity index (χ4v) is 2.98. The van der Waals surface area contributed by atoms with Crippen LogP contribution in [0, 0.1) is 6.92 Å². The van der Waals surface area contributed by atoms with Crippen LogP contribution in [0.5, 0.6) is 0 Å². The number of benzene rings is 3. The van der Waals surface area contributed by atoms with Gasteiger partial charge in [-0.15, -0.1) is 0 Å². The van der Waals surface area contributed by atoms with E-state index in [4.69, 9.17) is 10.5 Å². The Morgan fingerprint density at radius 1 is 0.912 bits per heavy atom. The lowest BCUT2D eigenvalue weighted by Crippen LogP contribution is -2.22. The zero-order chi connectivity index (χ0) is 24.9. The van der Waals surface area contributed by atoms with Crippen molar-refractivity contribution in [1.29, 1.82) is 0 Å². The highest BCUT2D eigenvalue weighted by Crippen LogP contribution is 2.30. The molecule has 0 atom stereocenters. The number of para-hydroxylation sites is 1. The van der Waals surface area contributed by atoms with Crippen molar-refractivity contribution in [3.8, 4) is 0 Å². The van der Waals surface area contributed by atoms with Gasteiger partial charge in [0.1, 0.15) is 0 Å². The van der Waals surface area contributed by atoms with Gasteiger partial charge in [0.2, 0.25) is 0 Å². The number of anilines is 3. The lowest BCUT2D eigenvalue weighted by atomic mass is 10.1. The van der Waals surface area contributed by atoms with Gasteiger partial charge in [0.15, 0.2) is 6.61 Å². The zero-order valence-electron chi connectivity index (χ0n) is 17.9. The molecule has 0 heterocycles. The number of aryl methyl sites for hydroxylation is 1. The van der Waals surface area contributed by atoms with Crippen LogP contribution in [0.15, 0.2) is 66.7 Å². The summed E-state index contributed by atoms with van der Waals surface area (Å²) in [5, 5.41) is 4.87. The van der Waals surface area contributed by atoms with Crippen molar-refractivity contribution in [1.82, 2.24) is 0 Å². The number of esters is 1. The molecule has 0 aliphatic rings. The van der Waals surface area contributed by atoms with E-state index in [0.29, 0.717) is 5.56 Å². The van der Waals surface area contributed by atoms with E-state index in [0.717, 1.165) is 12.1 Å². The van der Waals surface area contributed by atoms with Crippen molar-refractivity contribution < 1.29 is 32.3 Å². The number of ether oxygens (including phenoxy) is 1. The third-order valence-electron chi connectivity index (χ3n) is 4.73. The van der Waals surface area contributed by atoms with Gasteiger partial charge < -0.3 is 21.1 Å². The first-order valence-corrected chi connectivity index (χ1v) is 9.95. The Balaban J connectivity index is 1.60. The maximum Gasteiger partial charge on any atom is 0.416 e. The fraction of sp³-hybridized carbons (Fsp3) is 0.125. The van der Waals surface area contributed by atoms with Crippen LogP contribution in [0.1, 0.15) is 31.8 Å². The smallest absolute Gasteiger partial charge is 0.416 e. The summed E-state index contributed by atoms with van der Waals surface area (Å²) in [6, 6.07) is 14.8. The Kier molecular flexibility index (Phi) is 7.20. The van der Waals surface area contributed by atoms with E-state index in [1.165, 1.54) is 42.5 Å². The second kappa shape index (κ2) is 10.1. The van der Waals surface area contributed by atoms with E-state index in [1.54, 1.807) is 19.1 Å². The van der Waals surface area contributed by atoms with E-state index in [-0.39, 0.29) is 28.2 Å². The van der Waals surface area contributed by atoms with Gasteiger partial charge in [0, 0.05) is 22.6 Å². The molecule has 2 amide bonds. The SMILES string of the molecule is Cc1cccc(C(=O)OCC(=O)Nc2cccc(C(=O)Nc3cccc(C(F)(F)F)c3)c2)c1N. The maximum atomic E-state index is 12.9. The number of hydrogen-bond donors (Lipinski definition) is 3. The van der Waals surface area contributed by atoms with E-state index in [1.807, 2.05) is 0 Å². The first-order chi connectivity index (χ1) is 16.0. The van der Waals surface area contributed by atoms with Gasteiger partial charge in [-0.25, -0.2) is 4.79 Å². The van der Waals surface area contributed by atoms with E-state index in [2.05, 4.69) is 10.6 Å². The normalized spacial score (nSPS) is 10.9. The first-order valence-electron chi connectivity index (χ1n) is 9.95. The molecule has 7 nitrogen and oxygen atoms in total. The third-order valence-corrected chi connectivity index (χ3v) is 4.73. The number of halogens is 3. The Bertz CT molecular complexity index is 1240. The quantitative estimate of drug-likeness (QED) is 0.358. The van der Waals surface area contributed by atoms with Crippen LogP contribution in [-0.2, 0) is 15.7 Å². The highest BCUT2D eigenvalue weighted by Gasteiger charge is 2.30. The fourth-order valence-electron chi connectivity index (χ4n) is 2.98. The molecule has 0 saturated carbocycles. The van der Waals surface area contributed by atoms with E-state index >= 15 is 0 Å². The molecule has 3 aromatic carbocycles. The van der Waals surface area contributed by atoms with Gasteiger partial charge in [0.05, 0.1) is 11.1 Å². The predicted molar refractivity (Wildman–Crippen MR) is 120 cm³/mol. The molecule has 0 saturated heterocycles. The molecule has 3 aromatic rings. The monoisotopic (exact) mass is 471 g/mol. The summed E-state index contributed by atoms with van der Waals surface area (Å²) in [6.45, 7) is 1.14. The summed E-state index contributed by atoms with van der Waals surface area (Å²) < 4.78 is 43.6. The van der Waals surface area contributed by atoms with Crippen LogP contribution < -0.4 is 16.4 Å². The number of nitrogen functional groups attached to an aromatic ring is 1. The lowest BCUT2D eigenvalue weighted by molar-refractivity contribution is -0.137. The molecule has 0 aromatic heterocycles. The first kappa shape index (κ1) is 24.3. The summed E-state index contributed by atoms with van der Waals surface area (Å²) in [6.07, 6.45) is -4.54. The molecule has 3 rings (SSSR count). The van der Waals surface area contributed by atoms with Crippen LogP contribution in [0.25, 0.3) is 0 Å². The maximum absolute atomic E-state index is 12.9. The van der Waals surface area contributed by atoms with Crippen molar-refractivity contribution in [2.75, 3.05) is 23.0 Å². The number of rotatable bonds is 6. The molecule has 0 spiro atoms. The zero-order valence-corrected chi connectivity index (χ0v) is 17.9. The van der Waals surface area contributed by atoms with E-state index in [9.17, 15) is 27.6 Å². The molecule has 4 N–H and O–H groups in total.